The van der Waals surface area contributed by atoms with Crippen LogP contribution in [0.25, 0.3) is 5.52 Å². The zero-order chi connectivity index (χ0) is 12.4. The van der Waals surface area contributed by atoms with Gasteiger partial charge in [-0.2, -0.15) is 5.10 Å². The van der Waals surface area contributed by atoms with Crippen molar-refractivity contribution < 1.29 is 0 Å². The highest BCUT2D eigenvalue weighted by Crippen LogP contribution is 2.13. The lowest BCUT2D eigenvalue weighted by molar-refractivity contribution is 0.961. The monoisotopic (exact) mass is 258 g/mol. The van der Waals surface area contributed by atoms with E-state index in [9.17, 15) is 0 Å². The zero-order valence-electron chi connectivity index (χ0n) is 9.55. The van der Waals surface area contributed by atoms with Gasteiger partial charge in [0, 0.05) is 18.3 Å². The summed E-state index contributed by atoms with van der Waals surface area (Å²) in [5.74, 6) is 0.762. The fraction of sp³-hybridized carbons (Fsp3) is 0.0769. The first-order valence-corrected chi connectivity index (χ1v) is 5.98. The maximum atomic E-state index is 5.83. The first-order chi connectivity index (χ1) is 8.83. The molecule has 3 aromatic rings. The first kappa shape index (κ1) is 11.0. The van der Waals surface area contributed by atoms with E-state index in [4.69, 9.17) is 11.6 Å². The molecule has 0 bridgehead atoms. The van der Waals surface area contributed by atoms with Gasteiger partial charge in [0.1, 0.15) is 11.0 Å². The Morgan fingerprint density at radius 2 is 2.11 bits per heavy atom. The molecule has 0 radical (unpaired) electrons. The molecule has 0 amide bonds. The summed E-state index contributed by atoms with van der Waals surface area (Å²) in [4.78, 5) is 4.18. The van der Waals surface area contributed by atoms with Crippen molar-refractivity contribution in [3.63, 3.8) is 0 Å². The fourth-order valence-corrected chi connectivity index (χ4v) is 1.98. The zero-order valence-corrected chi connectivity index (χ0v) is 10.3. The molecule has 90 valence electrons. The van der Waals surface area contributed by atoms with Gasteiger partial charge in [0.2, 0.25) is 0 Å². The van der Waals surface area contributed by atoms with E-state index in [1.807, 2.05) is 47.2 Å². The van der Waals surface area contributed by atoms with Crippen molar-refractivity contribution in [2.75, 3.05) is 5.32 Å². The Hall–Kier alpha value is -2.07. The van der Waals surface area contributed by atoms with Crippen molar-refractivity contribution in [1.29, 1.82) is 0 Å². The van der Waals surface area contributed by atoms with Crippen LogP contribution >= 0.6 is 11.6 Å². The molecular weight excluding hydrogens is 248 g/mol. The van der Waals surface area contributed by atoms with Crippen molar-refractivity contribution in [3.05, 3.63) is 59.5 Å². The minimum atomic E-state index is 0.486. The van der Waals surface area contributed by atoms with Crippen LogP contribution in [0.3, 0.4) is 0 Å². The van der Waals surface area contributed by atoms with Gasteiger partial charge < -0.3 is 5.32 Å². The predicted molar refractivity (Wildman–Crippen MR) is 71.8 cm³/mol. The number of halogens is 1. The van der Waals surface area contributed by atoms with Crippen LogP contribution in [0.2, 0.25) is 5.15 Å². The molecule has 0 aliphatic rings. The summed E-state index contributed by atoms with van der Waals surface area (Å²) >= 11 is 5.83. The second kappa shape index (κ2) is 4.66. The van der Waals surface area contributed by atoms with Gasteiger partial charge >= 0.3 is 0 Å². The molecule has 0 saturated heterocycles. The van der Waals surface area contributed by atoms with E-state index in [1.165, 1.54) is 0 Å². The Morgan fingerprint density at radius 1 is 1.17 bits per heavy atom. The largest absolute Gasteiger partial charge is 0.366 e. The van der Waals surface area contributed by atoms with Crippen molar-refractivity contribution in [2.24, 2.45) is 0 Å². The van der Waals surface area contributed by atoms with E-state index < -0.39 is 0 Å². The van der Waals surface area contributed by atoms with Crippen molar-refractivity contribution in [3.8, 4) is 0 Å². The Labute approximate surface area is 109 Å². The molecule has 0 saturated carbocycles. The van der Waals surface area contributed by atoms with Crippen LogP contribution in [0.1, 0.15) is 5.56 Å². The van der Waals surface area contributed by atoms with Gasteiger partial charge in [-0.05, 0) is 24.3 Å². The number of anilines is 1. The van der Waals surface area contributed by atoms with Gasteiger partial charge in [0.25, 0.3) is 0 Å². The summed E-state index contributed by atoms with van der Waals surface area (Å²) in [6, 6.07) is 11.5. The fourth-order valence-electron chi connectivity index (χ4n) is 1.82. The standard InChI is InChI=1S/C13H11ClN4/c14-12-5-3-6-13(17-12)15-8-10-9-16-18-7-2-1-4-11(10)18/h1-7,9H,8H2,(H,15,17). The van der Waals surface area contributed by atoms with Crippen LogP contribution in [0, 0.1) is 0 Å². The summed E-state index contributed by atoms with van der Waals surface area (Å²) in [5, 5.41) is 8.00. The molecule has 1 N–H and O–H groups in total. The minimum absolute atomic E-state index is 0.486. The third-order valence-corrected chi connectivity index (χ3v) is 2.89. The number of nitrogens with zero attached hydrogens (tertiary/aromatic N) is 3. The molecule has 3 aromatic heterocycles. The van der Waals surface area contributed by atoms with Crippen LogP contribution in [-0.4, -0.2) is 14.6 Å². The minimum Gasteiger partial charge on any atom is -0.366 e. The van der Waals surface area contributed by atoms with Gasteiger partial charge in [-0.1, -0.05) is 23.7 Å². The highest BCUT2D eigenvalue weighted by Gasteiger charge is 2.03. The van der Waals surface area contributed by atoms with Crippen LogP contribution in [0.15, 0.2) is 48.8 Å². The number of fused-ring (bicyclic) bond motifs is 1. The Balaban J connectivity index is 1.81. The molecule has 0 aliphatic carbocycles. The topological polar surface area (TPSA) is 42.2 Å². The quantitative estimate of drug-likeness (QED) is 0.735. The number of hydrogen-bond donors (Lipinski definition) is 1. The number of hydrogen-bond acceptors (Lipinski definition) is 3. The van der Waals surface area contributed by atoms with E-state index >= 15 is 0 Å². The van der Waals surface area contributed by atoms with E-state index in [-0.39, 0.29) is 0 Å². The lowest BCUT2D eigenvalue weighted by Gasteiger charge is -2.04. The van der Waals surface area contributed by atoms with Crippen LogP contribution in [0.5, 0.6) is 0 Å². The number of aromatic nitrogens is 3. The third kappa shape index (κ3) is 2.15. The summed E-state index contributed by atoms with van der Waals surface area (Å²) in [6.45, 7) is 0.668. The van der Waals surface area contributed by atoms with E-state index in [1.54, 1.807) is 6.07 Å². The van der Waals surface area contributed by atoms with Gasteiger partial charge in [0.05, 0.1) is 11.7 Å². The summed E-state index contributed by atoms with van der Waals surface area (Å²) in [5.41, 5.74) is 2.21. The van der Waals surface area contributed by atoms with Crippen LogP contribution < -0.4 is 5.32 Å². The first-order valence-electron chi connectivity index (χ1n) is 5.60. The Morgan fingerprint density at radius 3 is 3.00 bits per heavy atom. The van der Waals surface area contributed by atoms with Crippen molar-refractivity contribution in [1.82, 2.24) is 14.6 Å². The van der Waals surface area contributed by atoms with Gasteiger partial charge in [0.15, 0.2) is 0 Å². The molecule has 3 rings (SSSR count). The Bertz CT molecular complexity index is 677. The van der Waals surface area contributed by atoms with Gasteiger partial charge in [-0.25, -0.2) is 9.50 Å². The number of pyridine rings is 2. The average molecular weight is 259 g/mol. The van der Waals surface area contributed by atoms with Crippen molar-refractivity contribution >= 4 is 22.9 Å². The molecule has 0 fully saturated rings. The molecule has 0 unspecified atom stereocenters. The summed E-state index contributed by atoms with van der Waals surface area (Å²) in [7, 11) is 0. The summed E-state index contributed by atoms with van der Waals surface area (Å²) in [6.07, 6.45) is 3.78. The lowest BCUT2D eigenvalue weighted by Crippen LogP contribution is -2.00. The summed E-state index contributed by atoms with van der Waals surface area (Å²) < 4.78 is 1.85. The molecule has 5 heteroatoms. The maximum absolute atomic E-state index is 5.83. The second-order valence-electron chi connectivity index (χ2n) is 3.90. The van der Waals surface area contributed by atoms with Gasteiger partial charge in [-0.15, -0.1) is 0 Å². The molecule has 3 heterocycles. The molecule has 0 spiro atoms. The number of rotatable bonds is 3. The van der Waals surface area contributed by atoms with Crippen LogP contribution in [-0.2, 0) is 6.54 Å². The second-order valence-corrected chi connectivity index (χ2v) is 4.29. The Kier molecular flexibility index (Phi) is 2.86. The lowest BCUT2D eigenvalue weighted by atomic mass is 10.2. The highest BCUT2D eigenvalue weighted by atomic mass is 35.5. The highest BCUT2D eigenvalue weighted by molar-refractivity contribution is 6.29. The molecular formula is C13H11ClN4. The molecule has 18 heavy (non-hydrogen) atoms. The SMILES string of the molecule is Clc1cccc(NCc2cnn3ccccc23)n1. The van der Waals surface area contributed by atoms with Gasteiger partial charge in [-0.3, -0.25) is 0 Å². The van der Waals surface area contributed by atoms with Crippen molar-refractivity contribution in [2.45, 2.75) is 6.54 Å². The van der Waals surface area contributed by atoms with E-state index in [2.05, 4.69) is 15.4 Å². The number of nitrogens with one attached hydrogen (secondary N) is 1. The van der Waals surface area contributed by atoms with E-state index in [0.717, 1.165) is 16.9 Å². The molecule has 0 atom stereocenters. The maximum Gasteiger partial charge on any atom is 0.131 e. The van der Waals surface area contributed by atoms with Crippen LogP contribution in [0.4, 0.5) is 5.82 Å². The molecule has 0 aliphatic heterocycles. The average Bonchev–Trinajstić information content (AvgIpc) is 2.80. The molecule has 4 nitrogen and oxygen atoms in total. The third-order valence-electron chi connectivity index (χ3n) is 2.68. The molecule has 0 aromatic carbocycles. The van der Waals surface area contributed by atoms with E-state index in [0.29, 0.717) is 11.7 Å². The predicted octanol–water partition coefficient (Wildman–Crippen LogP) is 2.99. The smallest absolute Gasteiger partial charge is 0.131 e. The normalized spacial score (nSPS) is 10.7.